The molecule has 3 amide bonds. The van der Waals surface area contributed by atoms with E-state index in [1.807, 2.05) is 38.1 Å². The third kappa shape index (κ3) is 6.85. The fourth-order valence-electron chi connectivity index (χ4n) is 4.45. The molecule has 0 bridgehead atoms. The van der Waals surface area contributed by atoms with Crippen molar-refractivity contribution in [2.75, 3.05) is 39.3 Å². The minimum absolute atomic E-state index is 0.124. The van der Waals surface area contributed by atoms with Crippen LogP contribution < -0.4 is 4.74 Å². The van der Waals surface area contributed by atoms with Crippen molar-refractivity contribution in [2.24, 2.45) is 5.41 Å². The van der Waals surface area contributed by atoms with Crippen molar-refractivity contribution in [2.45, 2.75) is 39.5 Å². The summed E-state index contributed by atoms with van der Waals surface area (Å²) in [6.07, 6.45) is 5.19. The molecule has 0 atom stereocenters. The monoisotopic (exact) mass is 479 g/mol. The summed E-state index contributed by atoms with van der Waals surface area (Å²) in [6, 6.07) is 9.40. The molecule has 2 aromatic rings. The Morgan fingerprint density at radius 3 is 2.31 bits per heavy atom. The number of hydrogen-bond donors (Lipinski definition) is 0. The molecule has 0 saturated carbocycles. The van der Waals surface area contributed by atoms with Gasteiger partial charge in [-0.1, -0.05) is 26.0 Å². The molecule has 4 heterocycles. The van der Waals surface area contributed by atoms with Crippen LogP contribution in [0.1, 0.15) is 37.9 Å². The van der Waals surface area contributed by atoms with Crippen molar-refractivity contribution in [3.05, 3.63) is 54.0 Å². The maximum absolute atomic E-state index is 12.5. The minimum Gasteiger partial charge on any atom is -0.391 e. The number of carbonyl (C=O) groups excluding carboxylic acids is 3. The van der Waals surface area contributed by atoms with Crippen LogP contribution in [-0.4, -0.2) is 81.8 Å². The first-order chi connectivity index (χ1) is 16.8. The first kappa shape index (κ1) is 24.8. The first-order valence-electron chi connectivity index (χ1n) is 12.2. The van der Waals surface area contributed by atoms with E-state index in [0.717, 1.165) is 37.3 Å². The number of amides is 3. The quantitative estimate of drug-likeness (QED) is 0.563. The van der Waals surface area contributed by atoms with Crippen LogP contribution in [0.4, 0.5) is 4.79 Å². The number of nitrogens with zero attached hydrogens (tertiary/aromatic N) is 5. The van der Waals surface area contributed by atoms with Crippen molar-refractivity contribution in [1.82, 2.24) is 24.7 Å². The summed E-state index contributed by atoms with van der Waals surface area (Å²) >= 11 is 0. The number of pyridine rings is 2. The van der Waals surface area contributed by atoms with E-state index in [0.29, 0.717) is 38.9 Å². The standard InChI is InChI=1S/C26H33N5O4/c1-26(2)17-23(32)31(24(33)18-26)12-8-20-6-7-22(28-19-20)35-25(34)30-15-13-29(14-16-30)11-9-21-5-3-4-10-27-21/h3-7,10,19H,8-9,11-18H2,1-2H3. The molecule has 0 spiro atoms. The predicted octanol–water partition coefficient (Wildman–Crippen LogP) is 2.55. The van der Waals surface area contributed by atoms with Crippen LogP contribution in [0.5, 0.6) is 5.88 Å². The Morgan fingerprint density at radius 1 is 0.943 bits per heavy atom. The second-order valence-corrected chi connectivity index (χ2v) is 9.98. The lowest BCUT2D eigenvalue weighted by Gasteiger charge is -2.34. The van der Waals surface area contributed by atoms with Gasteiger partial charge >= 0.3 is 6.09 Å². The summed E-state index contributed by atoms with van der Waals surface area (Å²) < 4.78 is 5.45. The number of carbonyl (C=O) groups is 3. The molecule has 9 nitrogen and oxygen atoms in total. The van der Waals surface area contributed by atoms with Crippen molar-refractivity contribution in [3.63, 3.8) is 0 Å². The van der Waals surface area contributed by atoms with Crippen molar-refractivity contribution in [1.29, 1.82) is 0 Å². The van der Waals surface area contributed by atoms with E-state index in [1.165, 1.54) is 4.90 Å². The van der Waals surface area contributed by atoms with Crippen molar-refractivity contribution < 1.29 is 19.1 Å². The molecule has 0 aliphatic carbocycles. The second-order valence-electron chi connectivity index (χ2n) is 9.98. The Kier molecular flexibility index (Phi) is 7.75. The SMILES string of the molecule is CC1(C)CC(=O)N(CCc2ccc(OC(=O)N3CCN(CCc4ccccn4)CC3)nc2)C(=O)C1. The highest BCUT2D eigenvalue weighted by molar-refractivity contribution is 5.98. The van der Waals surface area contributed by atoms with E-state index >= 15 is 0 Å². The van der Waals surface area contributed by atoms with Crippen molar-refractivity contribution in [3.8, 4) is 5.88 Å². The molecule has 4 rings (SSSR count). The topological polar surface area (TPSA) is 95.9 Å². The van der Waals surface area contributed by atoms with E-state index in [9.17, 15) is 14.4 Å². The largest absolute Gasteiger partial charge is 0.416 e. The van der Waals surface area contributed by atoms with Crippen LogP contribution in [0.2, 0.25) is 0 Å². The number of hydrogen-bond acceptors (Lipinski definition) is 7. The van der Waals surface area contributed by atoms with E-state index in [1.54, 1.807) is 23.4 Å². The number of likely N-dealkylation sites (tertiary alicyclic amines) is 1. The fraction of sp³-hybridized carbons (Fsp3) is 0.500. The van der Waals surface area contributed by atoms with E-state index in [2.05, 4.69) is 14.9 Å². The molecule has 35 heavy (non-hydrogen) atoms. The number of aromatic nitrogens is 2. The van der Waals surface area contributed by atoms with Gasteiger partial charge < -0.3 is 9.64 Å². The first-order valence-corrected chi connectivity index (χ1v) is 12.2. The molecule has 9 heteroatoms. The van der Waals surface area contributed by atoms with Gasteiger partial charge in [0.05, 0.1) is 0 Å². The maximum atomic E-state index is 12.5. The predicted molar refractivity (Wildman–Crippen MR) is 130 cm³/mol. The Bertz CT molecular complexity index is 1010. The fourth-order valence-corrected chi connectivity index (χ4v) is 4.45. The zero-order valence-corrected chi connectivity index (χ0v) is 20.5. The van der Waals surface area contributed by atoms with E-state index in [-0.39, 0.29) is 23.1 Å². The number of piperidine rings is 1. The molecular formula is C26H33N5O4. The molecule has 0 N–H and O–H groups in total. The van der Waals surface area contributed by atoms with Gasteiger partial charge in [0.25, 0.3) is 0 Å². The van der Waals surface area contributed by atoms with Gasteiger partial charge in [0, 0.05) is 82.7 Å². The summed E-state index contributed by atoms with van der Waals surface area (Å²) in [7, 11) is 0. The van der Waals surface area contributed by atoms with E-state index < -0.39 is 6.09 Å². The molecule has 2 saturated heterocycles. The second kappa shape index (κ2) is 10.9. The molecule has 0 unspecified atom stereocenters. The molecule has 2 fully saturated rings. The van der Waals surface area contributed by atoms with Crippen LogP contribution in [-0.2, 0) is 22.4 Å². The Hall–Kier alpha value is -3.33. The zero-order chi connectivity index (χ0) is 24.8. The lowest BCUT2D eigenvalue weighted by Crippen LogP contribution is -2.50. The third-order valence-corrected chi connectivity index (χ3v) is 6.52. The maximum Gasteiger partial charge on any atom is 0.416 e. The average Bonchev–Trinajstić information content (AvgIpc) is 2.83. The van der Waals surface area contributed by atoms with Gasteiger partial charge in [0.2, 0.25) is 17.7 Å². The average molecular weight is 480 g/mol. The molecule has 2 aromatic heterocycles. The lowest BCUT2D eigenvalue weighted by atomic mass is 9.81. The minimum atomic E-state index is -0.401. The number of rotatable bonds is 7. The number of piperazine rings is 1. The van der Waals surface area contributed by atoms with Gasteiger partial charge in [-0.05, 0) is 29.5 Å². The summed E-state index contributed by atoms with van der Waals surface area (Å²) in [4.78, 5) is 51.1. The molecule has 2 aliphatic heterocycles. The molecule has 0 aromatic carbocycles. The van der Waals surface area contributed by atoms with Gasteiger partial charge in [0.1, 0.15) is 0 Å². The Labute approximate surface area is 206 Å². The molecular weight excluding hydrogens is 446 g/mol. The smallest absolute Gasteiger partial charge is 0.391 e. The normalized spacial score (nSPS) is 18.6. The summed E-state index contributed by atoms with van der Waals surface area (Å²) in [5.74, 6) is -0.00798. The highest BCUT2D eigenvalue weighted by atomic mass is 16.6. The molecule has 0 radical (unpaired) electrons. The highest BCUT2D eigenvalue weighted by Crippen LogP contribution is 2.31. The molecule has 2 aliphatic rings. The highest BCUT2D eigenvalue weighted by Gasteiger charge is 2.37. The number of imide groups is 1. The Balaban J connectivity index is 1.19. The third-order valence-electron chi connectivity index (χ3n) is 6.52. The van der Waals surface area contributed by atoms with Crippen LogP contribution in [0.3, 0.4) is 0 Å². The molecule has 186 valence electrons. The Morgan fingerprint density at radius 2 is 1.69 bits per heavy atom. The van der Waals surface area contributed by atoms with Crippen LogP contribution in [0.15, 0.2) is 42.7 Å². The van der Waals surface area contributed by atoms with Gasteiger partial charge in [-0.25, -0.2) is 9.78 Å². The lowest BCUT2D eigenvalue weighted by molar-refractivity contribution is -0.152. The zero-order valence-electron chi connectivity index (χ0n) is 20.5. The number of ether oxygens (including phenoxy) is 1. The van der Waals surface area contributed by atoms with Crippen LogP contribution in [0, 0.1) is 5.41 Å². The van der Waals surface area contributed by atoms with E-state index in [4.69, 9.17) is 4.74 Å². The summed E-state index contributed by atoms with van der Waals surface area (Å²) in [5, 5.41) is 0. The van der Waals surface area contributed by atoms with Gasteiger partial charge in [-0.3, -0.25) is 24.4 Å². The van der Waals surface area contributed by atoms with Crippen LogP contribution >= 0.6 is 0 Å². The van der Waals surface area contributed by atoms with Crippen molar-refractivity contribution >= 4 is 17.9 Å². The summed E-state index contributed by atoms with van der Waals surface area (Å²) in [5.41, 5.74) is 1.67. The van der Waals surface area contributed by atoms with Gasteiger partial charge in [0.15, 0.2) is 0 Å². The van der Waals surface area contributed by atoms with Crippen LogP contribution in [0.25, 0.3) is 0 Å². The summed E-state index contributed by atoms with van der Waals surface area (Å²) in [6.45, 7) is 7.91. The van der Waals surface area contributed by atoms with Gasteiger partial charge in [-0.2, -0.15) is 0 Å². The van der Waals surface area contributed by atoms with Gasteiger partial charge in [-0.15, -0.1) is 0 Å².